The molecule has 100 valence electrons. The molecule has 1 atom stereocenters. The van der Waals surface area contributed by atoms with E-state index >= 15 is 0 Å². The minimum Gasteiger partial charge on any atom is -0.494 e. The van der Waals surface area contributed by atoms with Crippen LogP contribution in [0.4, 0.5) is 4.39 Å². The number of benzene rings is 2. The summed E-state index contributed by atoms with van der Waals surface area (Å²) in [6, 6.07) is 11.8. The van der Waals surface area contributed by atoms with Crippen molar-refractivity contribution in [2.75, 3.05) is 7.11 Å². The molecule has 0 aliphatic heterocycles. The number of methoxy groups -OCH3 is 1. The van der Waals surface area contributed by atoms with Crippen LogP contribution in [0.25, 0.3) is 0 Å². The average Bonchev–Trinajstić information content (AvgIpc) is 2.41. The fraction of sp³-hybridized carbons (Fsp3) is 0.200. The molecule has 2 aromatic carbocycles. The van der Waals surface area contributed by atoms with Crippen LogP contribution in [-0.2, 0) is 6.42 Å². The summed E-state index contributed by atoms with van der Waals surface area (Å²) in [7, 11) is 1.41. The van der Waals surface area contributed by atoms with Gasteiger partial charge in [-0.15, -0.1) is 0 Å². The van der Waals surface area contributed by atoms with Gasteiger partial charge in [-0.1, -0.05) is 41.9 Å². The predicted octanol–water partition coefficient (Wildman–Crippen LogP) is 3.76. The number of hydrogen-bond donors (Lipinski definition) is 1. The molecule has 2 nitrogen and oxygen atoms in total. The van der Waals surface area contributed by atoms with Crippen molar-refractivity contribution in [3.8, 4) is 5.75 Å². The zero-order valence-electron chi connectivity index (χ0n) is 10.4. The molecule has 0 fully saturated rings. The zero-order chi connectivity index (χ0) is 13.8. The molecular weight excluding hydrogens is 267 g/mol. The van der Waals surface area contributed by atoms with Gasteiger partial charge in [0, 0.05) is 11.4 Å². The molecule has 4 heteroatoms. The van der Waals surface area contributed by atoms with Crippen LogP contribution < -0.4 is 4.74 Å². The second kappa shape index (κ2) is 6.04. The first kappa shape index (κ1) is 13.8. The van der Waals surface area contributed by atoms with Crippen molar-refractivity contribution in [3.05, 3.63) is 64.4 Å². The second-order valence-electron chi connectivity index (χ2n) is 4.17. The van der Waals surface area contributed by atoms with Gasteiger partial charge in [-0.05, 0) is 23.3 Å². The number of hydrogen-bond acceptors (Lipinski definition) is 2. The molecule has 0 aliphatic carbocycles. The van der Waals surface area contributed by atoms with Gasteiger partial charge in [0.15, 0.2) is 11.6 Å². The van der Waals surface area contributed by atoms with Gasteiger partial charge >= 0.3 is 0 Å². The van der Waals surface area contributed by atoms with Gasteiger partial charge in [-0.2, -0.15) is 0 Å². The highest BCUT2D eigenvalue weighted by Crippen LogP contribution is 2.28. The van der Waals surface area contributed by atoms with Crippen LogP contribution in [0.3, 0.4) is 0 Å². The van der Waals surface area contributed by atoms with Crippen molar-refractivity contribution in [2.45, 2.75) is 12.5 Å². The summed E-state index contributed by atoms with van der Waals surface area (Å²) >= 11 is 6.01. The Kier molecular flexibility index (Phi) is 4.40. The third-order valence-electron chi connectivity index (χ3n) is 2.94. The minimum absolute atomic E-state index is 0.146. The quantitative estimate of drug-likeness (QED) is 0.924. The highest BCUT2D eigenvalue weighted by atomic mass is 35.5. The fourth-order valence-corrected chi connectivity index (χ4v) is 2.20. The molecule has 0 spiro atoms. The Balaban J connectivity index is 2.24. The Morgan fingerprint density at radius 2 is 1.95 bits per heavy atom. The molecule has 0 heterocycles. The molecule has 19 heavy (non-hydrogen) atoms. The van der Waals surface area contributed by atoms with Gasteiger partial charge in [0.2, 0.25) is 0 Å². The van der Waals surface area contributed by atoms with Crippen LogP contribution in [0.15, 0.2) is 42.5 Å². The Morgan fingerprint density at radius 1 is 1.21 bits per heavy atom. The normalized spacial score (nSPS) is 12.2. The smallest absolute Gasteiger partial charge is 0.168 e. The molecule has 0 amide bonds. The van der Waals surface area contributed by atoms with Crippen molar-refractivity contribution >= 4 is 11.6 Å². The lowest BCUT2D eigenvalue weighted by Crippen LogP contribution is -2.05. The number of rotatable bonds is 4. The first-order chi connectivity index (χ1) is 9.13. The SMILES string of the molecule is COc1cccc(CC(O)c2ccccc2Cl)c1F. The molecule has 0 bridgehead atoms. The van der Waals surface area contributed by atoms with E-state index in [2.05, 4.69) is 0 Å². The van der Waals surface area contributed by atoms with E-state index in [9.17, 15) is 9.50 Å². The van der Waals surface area contributed by atoms with Gasteiger partial charge < -0.3 is 9.84 Å². The maximum atomic E-state index is 14.0. The van der Waals surface area contributed by atoms with Crippen LogP contribution in [0.2, 0.25) is 5.02 Å². The first-order valence-electron chi connectivity index (χ1n) is 5.87. The van der Waals surface area contributed by atoms with Crippen molar-refractivity contribution < 1.29 is 14.2 Å². The van der Waals surface area contributed by atoms with E-state index in [0.717, 1.165) is 0 Å². The van der Waals surface area contributed by atoms with Crippen LogP contribution >= 0.6 is 11.6 Å². The monoisotopic (exact) mass is 280 g/mol. The van der Waals surface area contributed by atoms with Gasteiger partial charge in [0.1, 0.15) is 0 Å². The summed E-state index contributed by atoms with van der Waals surface area (Å²) in [5, 5.41) is 10.6. The maximum Gasteiger partial charge on any atom is 0.168 e. The number of halogens is 2. The summed E-state index contributed by atoms with van der Waals surface area (Å²) in [5.74, 6) is -0.278. The Hall–Kier alpha value is -1.58. The van der Waals surface area contributed by atoms with E-state index in [1.807, 2.05) is 0 Å². The number of aliphatic hydroxyl groups excluding tert-OH is 1. The van der Waals surface area contributed by atoms with Gasteiger partial charge in [-0.25, -0.2) is 4.39 Å². The van der Waals surface area contributed by atoms with E-state index < -0.39 is 11.9 Å². The van der Waals surface area contributed by atoms with Crippen LogP contribution in [0, 0.1) is 5.82 Å². The molecule has 2 aromatic rings. The van der Waals surface area contributed by atoms with Crippen molar-refractivity contribution in [1.29, 1.82) is 0 Å². The Labute approximate surface area is 116 Å². The molecule has 0 saturated carbocycles. The van der Waals surface area contributed by atoms with Crippen LogP contribution in [0.5, 0.6) is 5.75 Å². The van der Waals surface area contributed by atoms with Crippen LogP contribution in [-0.4, -0.2) is 12.2 Å². The van der Waals surface area contributed by atoms with E-state index in [1.165, 1.54) is 7.11 Å². The van der Waals surface area contributed by atoms with Crippen LogP contribution in [0.1, 0.15) is 17.2 Å². The lowest BCUT2D eigenvalue weighted by atomic mass is 10.0. The molecule has 2 rings (SSSR count). The second-order valence-corrected chi connectivity index (χ2v) is 4.58. The summed E-state index contributed by atoms with van der Waals surface area (Å²) in [5.41, 5.74) is 0.984. The lowest BCUT2D eigenvalue weighted by Gasteiger charge is -2.14. The minimum atomic E-state index is -0.852. The third kappa shape index (κ3) is 3.06. The van der Waals surface area contributed by atoms with E-state index in [1.54, 1.807) is 42.5 Å². The van der Waals surface area contributed by atoms with Gasteiger partial charge in [-0.3, -0.25) is 0 Å². The third-order valence-corrected chi connectivity index (χ3v) is 3.28. The summed E-state index contributed by atoms with van der Waals surface area (Å²) in [4.78, 5) is 0. The van der Waals surface area contributed by atoms with E-state index in [-0.39, 0.29) is 12.2 Å². The van der Waals surface area contributed by atoms with Crippen molar-refractivity contribution in [1.82, 2.24) is 0 Å². The first-order valence-corrected chi connectivity index (χ1v) is 6.25. The van der Waals surface area contributed by atoms with Gasteiger partial charge in [0.25, 0.3) is 0 Å². The molecule has 1 N–H and O–H groups in total. The topological polar surface area (TPSA) is 29.5 Å². The Bertz CT molecular complexity index is 572. The maximum absolute atomic E-state index is 14.0. The summed E-state index contributed by atoms with van der Waals surface area (Å²) in [6.45, 7) is 0. The summed E-state index contributed by atoms with van der Waals surface area (Å²) in [6.07, 6.45) is -0.706. The predicted molar refractivity (Wildman–Crippen MR) is 73.1 cm³/mol. The van der Waals surface area contributed by atoms with E-state index in [4.69, 9.17) is 16.3 Å². The number of aliphatic hydroxyl groups is 1. The molecule has 1 unspecified atom stereocenters. The lowest BCUT2D eigenvalue weighted by molar-refractivity contribution is 0.177. The molecule has 0 aromatic heterocycles. The Morgan fingerprint density at radius 3 is 2.63 bits per heavy atom. The highest BCUT2D eigenvalue weighted by molar-refractivity contribution is 6.31. The zero-order valence-corrected chi connectivity index (χ0v) is 11.2. The standard InChI is InChI=1S/C15H14ClFO2/c1-19-14-8-4-5-10(15(14)17)9-13(18)11-6-2-3-7-12(11)16/h2-8,13,18H,9H2,1H3. The molecule has 0 aliphatic rings. The van der Waals surface area contributed by atoms with Gasteiger partial charge in [0.05, 0.1) is 13.2 Å². The van der Waals surface area contributed by atoms with Crippen molar-refractivity contribution in [3.63, 3.8) is 0 Å². The van der Waals surface area contributed by atoms with Crippen molar-refractivity contribution in [2.24, 2.45) is 0 Å². The molecule has 0 radical (unpaired) electrons. The molecular formula is C15H14ClFO2. The molecule has 0 saturated heterocycles. The fourth-order valence-electron chi connectivity index (χ4n) is 1.94. The van der Waals surface area contributed by atoms with E-state index in [0.29, 0.717) is 16.1 Å². The number of ether oxygens (including phenoxy) is 1. The highest BCUT2D eigenvalue weighted by Gasteiger charge is 2.16. The summed E-state index contributed by atoms with van der Waals surface area (Å²) < 4.78 is 18.9. The average molecular weight is 281 g/mol. The largest absolute Gasteiger partial charge is 0.494 e.